The van der Waals surface area contributed by atoms with Gasteiger partial charge in [-0.15, -0.1) is 9.24 Å². The standard InChI is InChI=1S/C12H18NO2P/c1-9(15-3)5-4-6-10-7-13(2)12(14)11(10)8-16/h4-5H,1,6-8,16H2,2-3H3/b5-4-. The lowest BCUT2D eigenvalue weighted by Crippen LogP contribution is -2.22. The zero-order chi connectivity index (χ0) is 12.1. The number of likely N-dealkylation sites (N-methyl/N-ethyl adjacent to an activating group) is 1. The summed E-state index contributed by atoms with van der Waals surface area (Å²) >= 11 is 0. The smallest absolute Gasteiger partial charge is 0.250 e. The topological polar surface area (TPSA) is 29.5 Å². The molecule has 88 valence electrons. The number of carbonyl (C=O) groups excluding carboxylic acids is 1. The van der Waals surface area contributed by atoms with Crippen molar-refractivity contribution in [1.29, 1.82) is 0 Å². The van der Waals surface area contributed by atoms with Gasteiger partial charge in [-0.1, -0.05) is 12.7 Å². The van der Waals surface area contributed by atoms with Crippen LogP contribution in [0.5, 0.6) is 0 Å². The second kappa shape index (κ2) is 5.86. The van der Waals surface area contributed by atoms with Crippen LogP contribution >= 0.6 is 9.24 Å². The first kappa shape index (κ1) is 13.0. The highest BCUT2D eigenvalue weighted by Crippen LogP contribution is 2.22. The molecule has 0 N–H and O–H groups in total. The lowest BCUT2D eigenvalue weighted by Gasteiger charge is -2.07. The van der Waals surface area contributed by atoms with Crippen molar-refractivity contribution in [3.8, 4) is 0 Å². The quantitative estimate of drug-likeness (QED) is 0.415. The fourth-order valence-electron chi connectivity index (χ4n) is 1.66. The summed E-state index contributed by atoms with van der Waals surface area (Å²) in [6.45, 7) is 4.43. The predicted octanol–water partition coefficient (Wildman–Crippen LogP) is 1.74. The van der Waals surface area contributed by atoms with E-state index in [1.807, 2.05) is 19.2 Å². The molecule has 0 bridgehead atoms. The van der Waals surface area contributed by atoms with Crippen molar-refractivity contribution in [2.24, 2.45) is 0 Å². The molecule has 1 rings (SSSR count). The number of amides is 1. The molecule has 0 saturated carbocycles. The highest BCUT2D eigenvalue weighted by Gasteiger charge is 2.24. The Morgan fingerprint density at radius 2 is 2.38 bits per heavy atom. The Morgan fingerprint density at radius 3 is 2.94 bits per heavy atom. The summed E-state index contributed by atoms with van der Waals surface area (Å²) < 4.78 is 4.93. The maximum atomic E-state index is 11.7. The van der Waals surface area contributed by atoms with Crippen LogP contribution in [-0.4, -0.2) is 37.7 Å². The van der Waals surface area contributed by atoms with Gasteiger partial charge >= 0.3 is 0 Å². The molecule has 0 fully saturated rings. The third-order valence-corrected chi connectivity index (χ3v) is 3.00. The normalized spacial score (nSPS) is 16.4. The molecule has 1 atom stereocenters. The number of hydrogen-bond donors (Lipinski definition) is 0. The van der Waals surface area contributed by atoms with Crippen LogP contribution in [0, 0.1) is 0 Å². The van der Waals surface area contributed by atoms with E-state index in [0.717, 1.165) is 24.7 Å². The Bertz CT molecular complexity index is 358. The van der Waals surface area contributed by atoms with Gasteiger partial charge in [0.05, 0.1) is 7.11 Å². The van der Waals surface area contributed by atoms with E-state index in [1.165, 1.54) is 5.57 Å². The first-order valence-electron chi connectivity index (χ1n) is 5.16. The number of allylic oxidation sites excluding steroid dienone is 2. The summed E-state index contributed by atoms with van der Waals surface area (Å²) in [6.07, 6.45) is 5.31. The van der Waals surface area contributed by atoms with Crippen molar-refractivity contribution in [2.75, 3.05) is 26.9 Å². The molecule has 1 heterocycles. The Kier molecular flexibility index (Phi) is 4.75. The minimum absolute atomic E-state index is 0.143. The third-order valence-electron chi connectivity index (χ3n) is 2.59. The number of carbonyl (C=O) groups is 1. The second-order valence-corrected chi connectivity index (χ2v) is 4.13. The van der Waals surface area contributed by atoms with Crippen molar-refractivity contribution in [3.05, 3.63) is 35.6 Å². The minimum Gasteiger partial charge on any atom is -0.497 e. The predicted molar refractivity (Wildman–Crippen MR) is 69.1 cm³/mol. The molecule has 3 nitrogen and oxygen atoms in total. The SMILES string of the molecule is C=C(/C=C\CC1=C(CP)C(=O)N(C)C1)OC. The molecule has 16 heavy (non-hydrogen) atoms. The molecule has 0 aromatic rings. The molecule has 1 unspecified atom stereocenters. The summed E-state index contributed by atoms with van der Waals surface area (Å²) in [4.78, 5) is 13.4. The fourth-order valence-corrected chi connectivity index (χ4v) is 2.12. The number of ether oxygens (including phenoxy) is 1. The largest absolute Gasteiger partial charge is 0.497 e. The van der Waals surface area contributed by atoms with Gasteiger partial charge in [0.25, 0.3) is 0 Å². The minimum atomic E-state index is 0.143. The summed E-state index contributed by atoms with van der Waals surface area (Å²) in [5.41, 5.74) is 2.10. The van der Waals surface area contributed by atoms with Gasteiger partial charge in [0.2, 0.25) is 5.91 Å². The van der Waals surface area contributed by atoms with Crippen molar-refractivity contribution in [2.45, 2.75) is 6.42 Å². The Labute approximate surface area is 99.0 Å². The summed E-state index contributed by atoms with van der Waals surface area (Å²) in [6, 6.07) is 0. The van der Waals surface area contributed by atoms with Crippen LogP contribution in [0.4, 0.5) is 0 Å². The Hall–Kier alpha value is -1.08. The van der Waals surface area contributed by atoms with Crippen LogP contribution < -0.4 is 0 Å². The molecular formula is C12H18NO2P. The van der Waals surface area contributed by atoms with Crippen LogP contribution in [0.3, 0.4) is 0 Å². The van der Waals surface area contributed by atoms with E-state index in [9.17, 15) is 4.79 Å². The van der Waals surface area contributed by atoms with Crippen molar-refractivity contribution < 1.29 is 9.53 Å². The van der Waals surface area contributed by atoms with E-state index in [4.69, 9.17) is 4.74 Å². The van der Waals surface area contributed by atoms with Gasteiger partial charge in [-0.2, -0.15) is 0 Å². The van der Waals surface area contributed by atoms with Gasteiger partial charge in [0.15, 0.2) is 0 Å². The van der Waals surface area contributed by atoms with Gasteiger partial charge in [0, 0.05) is 19.2 Å². The van der Waals surface area contributed by atoms with E-state index < -0.39 is 0 Å². The highest BCUT2D eigenvalue weighted by atomic mass is 31.0. The van der Waals surface area contributed by atoms with Gasteiger partial charge in [0.1, 0.15) is 5.76 Å². The van der Waals surface area contributed by atoms with Gasteiger partial charge in [-0.25, -0.2) is 0 Å². The molecule has 0 spiro atoms. The summed E-state index contributed by atoms with van der Waals surface area (Å²) in [5.74, 6) is 0.773. The van der Waals surface area contributed by atoms with Crippen LogP contribution in [0.1, 0.15) is 6.42 Å². The number of nitrogens with zero attached hydrogens (tertiary/aromatic N) is 1. The Morgan fingerprint density at radius 1 is 1.69 bits per heavy atom. The summed E-state index contributed by atoms with van der Waals surface area (Å²) in [7, 11) is 6.03. The molecule has 0 radical (unpaired) electrons. The molecule has 0 aromatic heterocycles. The number of methoxy groups -OCH3 is 1. The molecule has 4 heteroatoms. The molecule has 1 amide bonds. The monoisotopic (exact) mass is 239 g/mol. The fraction of sp³-hybridized carbons (Fsp3) is 0.417. The molecule has 1 aliphatic rings. The van der Waals surface area contributed by atoms with Crippen LogP contribution in [0.2, 0.25) is 0 Å². The van der Waals surface area contributed by atoms with Gasteiger partial charge in [-0.05, 0) is 24.2 Å². The molecular weight excluding hydrogens is 221 g/mol. The zero-order valence-electron chi connectivity index (χ0n) is 9.82. The lowest BCUT2D eigenvalue weighted by molar-refractivity contribution is -0.124. The van der Waals surface area contributed by atoms with Crippen LogP contribution in [0.25, 0.3) is 0 Å². The van der Waals surface area contributed by atoms with E-state index >= 15 is 0 Å². The first-order chi connectivity index (χ1) is 7.60. The van der Waals surface area contributed by atoms with Crippen molar-refractivity contribution in [1.82, 2.24) is 4.90 Å². The molecule has 0 aliphatic carbocycles. The Balaban J connectivity index is 2.66. The van der Waals surface area contributed by atoms with Gasteiger partial charge in [-0.3, -0.25) is 4.79 Å². The van der Waals surface area contributed by atoms with E-state index in [2.05, 4.69) is 15.8 Å². The second-order valence-electron chi connectivity index (χ2n) is 3.72. The molecule has 1 aliphatic heterocycles. The van der Waals surface area contributed by atoms with Crippen molar-refractivity contribution >= 4 is 15.1 Å². The van der Waals surface area contributed by atoms with E-state index in [-0.39, 0.29) is 5.91 Å². The molecule has 0 aromatic carbocycles. The highest BCUT2D eigenvalue weighted by molar-refractivity contribution is 7.17. The van der Waals surface area contributed by atoms with Gasteiger partial charge < -0.3 is 9.64 Å². The molecule has 0 saturated heterocycles. The number of rotatable bonds is 5. The van der Waals surface area contributed by atoms with Crippen molar-refractivity contribution in [3.63, 3.8) is 0 Å². The zero-order valence-corrected chi connectivity index (χ0v) is 11.0. The lowest BCUT2D eigenvalue weighted by atomic mass is 10.1. The average Bonchev–Trinajstić information content (AvgIpc) is 2.54. The van der Waals surface area contributed by atoms with Crippen LogP contribution in [0.15, 0.2) is 35.6 Å². The maximum absolute atomic E-state index is 11.7. The van der Waals surface area contributed by atoms with Crippen LogP contribution in [-0.2, 0) is 9.53 Å². The first-order valence-corrected chi connectivity index (χ1v) is 5.97. The summed E-state index contributed by atoms with van der Waals surface area (Å²) in [5, 5.41) is 0. The van der Waals surface area contributed by atoms with E-state index in [0.29, 0.717) is 5.76 Å². The average molecular weight is 239 g/mol. The maximum Gasteiger partial charge on any atom is 0.250 e. The third kappa shape index (κ3) is 2.96. The van der Waals surface area contributed by atoms with E-state index in [1.54, 1.807) is 12.0 Å². The number of hydrogen-bond acceptors (Lipinski definition) is 2.